The van der Waals surface area contributed by atoms with Gasteiger partial charge in [-0.3, -0.25) is 4.79 Å². The van der Waals surface area contributed by atoms with Crippen molar-refractivity contribution in [2.75, 3.05) is 13.7 Å². The summed E-state index contributed by atoms with van der Waals surface area (Å²) in [7, 11) is 1.64. The van der Waals surface area contributed by atoms with Gasteiger partial charge in [-0.2, -0.15) is 0 Å². The molecule has 0 aliphatic carbocycles. The molecule has 0 radical (unpaired) electrons. The molecule has 0 aliphatic rings. The molecular weight excluding hydrogens is 392 g/mol. The molecule has 0 heterocycles. The van der Waals surface area contributed by atoms with E-state index in [0.29, 0.717) is 18.1 Å². The standard InChI is InChI=1S/C18H20BrClN2O2/c1-12(14-5-8-17(24-2)16(19)9-14)21-11-18(23)22-10-13-3-6-15(20)7-4-13/h3-9,12,21H,10-11H2,1-2H3,(H,22,23)/p+1/t12-/m1/s1. The van der Waals surface area contributed by atoms with E-state index in [0.717, 1.165) is 21.3 Å². The van der Waals surface area contributed by atoms with Crippen molar-refractivity contribution in [3.63, 3.8) is 0 Å². The zero-order valence-electron chi connectivity index (χ0n) is 13.7. The normalized spacial score (nSPS) is 11.8. The smallest absolute Gasteiger partial charge is 0.275 e. The number of rotatable bonds is 7. The summed E-state index contributed by atoms with van der Waals surface area (Å²) in [6.45, 7) is 2.95. The van der Waals surface area contributed by atoms with E-state index in [1.54, 1.807) is 7.11 Å². The second-order valence-electron chi connectivity index (χ2n) is 5.53. The van der Waals surface area contributed by atoms with Crippen molar-refractivity contribution in [3.8, 4) is 5.75 Å². The van der Waals surface area contributed by atoms with Gasteiger partial charge in [-0.1, -0.05) is 23.7 Å². The van der Waals surface area contributed by atoms with E-state index in [1.165, 1.54) is 0 Å². The van der Waals surface area contributed by atoms with Crippen molar-refractivity contribution >= 4 is 33.4 Å². The van der Waals surface area contributed by atoms with Gasteiger partial charge in [0.2, 0.25) is 0 Å². The molecule has 2 aromatic rings. The Bertz CT molecular complexity index is 692. The third-order valence-electron chi connectivity index (χ3n) is 3.76. The SMILES string of the molecule is COc1ccc([C@@H](C)[NH2+]CC(=O)NCc2ccc(Cl)cc2)cc1Br. The van der Waals surface area contributed by atoms with Crippen molar-refractivity contribution in [2.24, 2.45) is 0 Å². The Labute approximate surface area is 155 Å². The Hall–Kier alpha value is -1.56. The number of benzene rings is 2. The lowest BCUT2D eigenvalue weighted by molar-refractivity contribution is -0.682. The van der Waals surface area contributed by atoms with Crippen LogP contribution in [0.1, 0.15) is 24.1 Å². The zero-order chi connectivity index (χ0) is 17.5. The lowest BCUT2D eigenvalue weighted by Gasteiger charge is -2.13. The number of ether oxygens (including phenoxy) is 1. The van der Waals surface area contributed by atoms with Crippen molar-refractivity contribution in [3.05, 3.63) is 63.1 Å². The molecule has 1 atom stereocenters. The van der Waals surface area contributed by atoms with Crippen LogP contribution in [-0.2, 0) is 11.3 Å². The molecule has 0 bridgehead atoms. The number of halogens is 2. The van der Waals surface area contributed by atoms with Gasteiger partial charge in [0.25, 0.3) is 5.91 Å². The van der Waals surface area contributed by atoms with Crippen LogP contribution < -0.4 is 15.4 Å². The number of carbonyl (C=O) groups excluding carboxylic acids is 1. The van der Waals surface area contributed by atoms with Crippen LogP contribution in [0.5, 0.6) is 5.75 Å². The molecule has 2 aromatic carbocycles. The van der Waals surface area contributed by atoms with E-state index in [9.17, 15) is 4.79 Å². The van der Waals surface area contributed by atoms with E-state index in [1.807, 2.05) is 47.8 Å². The summed E-state index contributed by atoms with van der Waals surface area (Å²) in [5.41, 5.74) is 2.16. The number of quaternary nitrogens is 1. The first-order valence-corrected chi connectivity index (χ1v) is 8.84. The first-order chi connectivity index (χ1) is 11.5. The molecule has 0 saturated heterocycles. The number of carbonyl (C=O) groups is 1. The minimum atomic E-state index is 0.00405. The maximum Gasteiger partial charge on any atom is 0.275 e. The molecule has 24 heavy (non-hydrogen) atoms. The van der Waals surface area contributed by atoms with Crippen LogP contribution in [0.4, 0.5) is 0 Å². The first kappa shape index (κ1) is 18.8. The Morgan fingerprint density at radius 1 is 1.29 bits per heavy atom. The molecule has 0 unspecified atom stereocenters. The highest BCUT2D eigenvalue weighted by atomic mass is 79.9. The molecule has 0 spiro atoms. The number of methoxy groups -OCH3 is 1. The summed E-state index contributed by atoms with van der Waals surface area (Å²) < 4.78 is 6.14. The molecule has 0 saturated carbocycles. The quantitative estimate of drug-likeness (QED) is 0.734. The van der Waals surface area contributed by atoms with Gasteiger partial charge in [-0.25, -0.2) is 0 Å². The fraction of sp³-hybridized carbons (Fsp3) is 0.278. The van der Waals surface area contributed by atoms with E-state index >= 15 is 0 Å². The van der Waals surface area contributed by atoms with Crippen LogP contribution in [0.15, 0.2) is 46.9 Å². The molecular formula is C18H21BrClN2O2+. The van der Waals surface area contributed by atoms with Crippen LogP contribution in [0.2, 0.25) is 5.02 Å². The molecule has 0 aliphatic heterocycles. The van der Waals surface area contributed by atoms with Crippen molar-refractivity contribution in [2.45, 2.75) is 19.5 Å². The van der Waals surface area contributed by atoms with Crippen LogP contribution >= 0.6 is 27.5 Å². The van der Waals surface area contributed by atoms with Gasteiger partial charge in [0.15, 0.2) is 6.54 Å². The monoisotopic (exact) mass is 411 g/mol. The third-order valence-corrected chi connectivity index (χ3v) is 4.63. The fourth-order valence-electron chi connectivity index (χ4n) is 2.26. The summed E-state index contributed by atoms with van der Waals surface area (Å²) in [6, 6.07) is 13.6. The highest BCUT2D eigenvalue weighted by Crippen LogP contribution is 2.27. The molecule has 1 amide bonds. The number of amides is 1. The summed E-state index contributed by atoms with van der Waals surface area (Å²) in [4.78, 5) is 12.0. The number of hydrogen-bond donors (Lipinski definition) is 2. The summed E-state index contributed by atoms with van der Waals surface area (Å²) in [6.07, 6.45) is 0. The minimum Gasteiger partial charge on any atom is -0.496 e. The van der Waals surface area contributed by atoms with E-state index < -0.39 is 0 Å². The molecule has 2 rings (SSSR count). The number of nitrogens with two attached hydrogens (primary N) is 1. The van der Waals surface area contributed by atoms with Crippen molar-refractivity contribution < 1.29 is 14.8 Å². The van der Waals surface area contributed by atoms with E-state index in [2.05, 4.69) is 28.2 Å². The van der Waals surface area contributed by atoms with Gasteiger partial charge in [0.05, 0.1) is 11.6 Å². The van der Waals surface area contributed by atoms with Gasteiger partial charge in [0, 0.05) is 17.1 Å². The van der Waals surface area contributed by atoms with Crippen LogP contribution in [0.25, 0.3) is 0 Å². The van der Waals surface area contributed by atoms with Crippen LogP contribution in [-0.4, -0.2) is 19.6 Å². The Balaban J connectivity index is 1.80. The topological polar surface area (TPSA) is 54.9 Å². The van der Waals surface area contributed by atoms with Crippen LogP contribution in [0, 0.1) is 0 Å². The fourth-order valence-corrected chi connectivity index (χ4v) is 2.95. The molecule has 128 valence electrons. The third kappa shape index (κ3) is 5.51. The predicted molar refractivity (Wildman–Crippen MR) is 99.2 cm³/mol. The largest absolute Gasteiger partial charge is 0.496 e. The zero-order valence-corrected chi connectivity index (χ0v) is 16.0. The van der Waals surface area contributed by atoms with Gasteiger partial charge in [0.1, 0.15) is 11.8 Å². The highest BCUT2D eigenvalue weighted by Gasteiger charge is 2.13. The Kier molecular flexibility index (Phi) is 7.09. The van der Waals surface area contributed by atoms with Gasteiger partial charge in [-0.15, -0.1) is 0 Å². The van der Waals surface area contributed by atoms with Gasteiger partial charge >= 0.3 is 0 Å². The number of nitrogens with one attached hydrogen (secondary N) is 1. The molecule has 3 N–H and O–H groups in total. The molecule has 6 heteroatoms. The molecule has 4 nitrogen and oxygen atoms in total. The number of hydrogen-bond acceptors (Lipinski definition) is 2. The molecule has 0 aromatic heterocycles. The Morgan fingerprint density at radius 3 is 2.62 bits per heavy atom. The lowest BCUT2D eigenvalue weighted by atomic mass is 10.1. The average Bonchev–Trinajstić information content (AvgIpc) is 2.59. The summed E-state index contributed by atoms with van der Waals surface area (Å²) in [5.74, 6) is 0.802. The van der Waals surface area contributed by atoms with Gasteiger partial charge in [-0.05, 0) is 58.7 Å². The predicted octanol–water partition coefficient (Wildman–Crippen LogP) is 3.05. The van der Waals surface area contributed by atoms with E-state index in [-0.39, 0.29) is 11.9 Å². The first-order valence-electron chi connectivity index (χ1n) is 7.67. The second kappa shape index (κ2) is 9.06. The maximum absolute atomic E-state index is 12.0. The van der Waals surface area contributed by atoms with Crippen molar-refractivity contribution in [1.29, 1.82) is 0 Å². The second-order valence-corrected chi connectivity index (χ2v) is 6.82. The Morgan fingerprint density at radius 2 is 2.00 bits per heavy atom. The lowest BCUT2D eigenvalue weighted by Crippen LogP contribution is -2.87. The van der Waals surface area contributed by atoms with Gasteiger partial charge < -0.3 is 15.4 Å². The van der Waals surface area contributed by atoms with E-state index in [4.69, 9.17) is 16.3 Å². The molecule has 0 fully saturated rings. The van der Waals surface area contributed by atoms with Crippen molar-refractivity contribution in [1.82, 2.24) is 5.32 Å². The van der Waals surface area contributed by atoms with Crippen LogP contribution in [0.3, 0.4) is 0 Å². The minimum absolute atomic E-state index is 0.00405. The average molecular weight is 413 g/mol. The summed E-state index contributed by atoms with van der Waals surface area (Å²) in [5, 5.41) is 5.61. The maximum atomic E-state index is 12.0. The highest BCUT2D eigenvalue weighted by molar-refractivity contribution is 9.10. The summed E-state index contributed by atoms with van der Waals surface area (Å²) >= 11 is 9.33.